The average Bonchev–Trinajstić information content (AvgIpc) is 2.30. The Balaban J connectivity index is 2.15. The zero-order chi connectivity index (χ0) is 13.1. The van der Waals surface area contributed by atoms with Gasteiger partial charge in [-0.15, -0.1) is 0 Å². The predicted octanol–water partition coefficient (Wildman–Crippen LogP) is 0.778. The Morgan fingerprint density at radius 1 is 1.06 bits per heavy atom. The van der Waals surface area contributed by atoms with E-state index in [0.717, 1.165) is 12.1 Å². The molecule has 1 aromatic carbocycles. The topological polar surface area (TPSA) is 21.7 Å². The van der Waals surface area contributed by atoms with E-state index in [9.17, 15) is 13.2 Å². The summed E-state index contributed by atoms with van der Waals surface area (Å²) < 4.78 is 49.8. The van der Waals surface area contributed by atoms with Crippen molar-refractivity contribution in [3.05, 3.63) is 29.6 Å². The second kappa shape index (κ2) is 5.73. The third kappa shape index (κ3) is 3.04. The van der Waals surface area contributed by atoms with Crippen molar-refractivity contribution in [1.82, 2.24) is 4.90 Å². The Kier molecular flexibility index (Phi) is 4.26. The maximum absolute atomic E-state index is 13.1. The molecule has 18 heavy (non-hydrogen) atoms. The lowest BCUT2D eigenvalue weighted by Crippen LogP contribution is -2.44. The van der Waals surface area contributed by atoms with E-state index >= 15 is 0 Å². The maximum atomic E-state index is 13.1. The minimum absolute atomic E-state index is 0.149. The van der Waals surface area contributed by atoms with Gasteiger partial charge in [-0.05, 0) is 24.6 Å². The molecule has 0 N–H and O–H groups in total. The first kappa shape index (κ1) is 13.4. The fraction of sp³-hybridized carbons (Fsp3) is 0.455. The Morgan fingerprint density at radius 2 is 1.56 bits per heavy atom. The highest BCUT2D eigenvalue weighted by atomic mass is 19.2. The highest BCUT2D eigenvalue weighted by Crippen LogP contribution is 2.09. The average molecular weight is 259 g/mol. The fourth-order valence-electron chi connectivity index (χ4n) is 1.69. The van der Waals surface area contributed by atoms with E-state index in [1.165, 1.54) is 0 Å². The van der Waals surface area contributed by atoms with Crippen LogP contribution in [0.1, 0.15) is 0 Å². The number of nitrogens with zero attached hydrogens (tertiary/aromatic N) is 1. The molecule has 0 amide bonds. The van der Waals surface area contributed by atoms with Crippen LogP contribution in [-0.2, 0) is 9.31 Å². The molecule has 98 valence electrons. The Morgan fingerprint density at radius 3 is 2.06 bits per heavy atom. The van der Waals surface area contributed by atoms with E-state index in [1.807, 2.05) is 11.9 Å². The van der Waals surface area contributed by atoms with Crippen molar-refractivity contribution in [3.63, 3.8) is 0 Å². The molecule has 0 bridgehead atoms. The fourth-order valence-corrected chi connectivity index (χ4v) is 1.69. The first-order chi connectivity index (χ1) is 8.58. The van der Waals surface area contributed by atoms with Crippen LogP contribution in [0, 0.1) is 17.5 Å². The number of halogens is 3. The molecule has 1 aliphatic rings. The number of hydrogen-bond donors (Lipinski definition) is 0. The highest BCUT2D eigenvalue weighted by molar-refractivity contribution is 6.61. The molecule has 3 nitrogen and oxygen atoms in total. The van der Waals surface area contributed by atoms with Crippen LogP contribution >= 0.6 is 0 Å². The van der Waals surface area contributed by atoms with Gasteiger partial charge in [0.25, 0.3) is 0 Å². The molecule has 1 fully saturated rings. The van der Waals surface area contributed by atoms with E-state index in [1.54, 1.807) is 0 Å². The van der Waals surface area contributed by atoms with Crippen LogP contribution < -0.4 is 5.46 Å². The lowest BCUT2D eigenvalue weighted by atomic mass is 9.78. The third-order valence-corrected chi connectivity index (χ3v) is 2.76. The number of rotatable bonds is 1. The minimum atomic E-state index is -1.48. The highest BCUT2D eigenvalue weighted by Gasteiger charge is 2.26. The summed E-state index contributed by atoms with van der Waals surface area (Å²) in [5.41, 5.74) is 0.149. The first-order valence-corrected chi connectivity index (χ1v) is 5.64. The van der Waals surface area contributed by atoms with E-state index in [-0.39, 0.29) is 5.46 Å². The lowest BCUT2D eigenvalue weighted by Gasteiger charge is -2.24. The third-order valence-electron chi connectivity index (χ3n) is 2.76. The molecular weight excluding hydrogens is 246 g/mol. The molecule has 1 heterocycles. The maximum Gasteiger partial charge on any atom is 0.494 e. The molecule has 1 saturated heterocycles. The van der Waals surface area contributed by atoms with Gasteiger partial charge in [-0.2, -0.15) is 0 Å². The van der Waals surface area contributed by atoms with Crippen LogP contribution in [0.25, 0.3) is 0 Å². The number of benzene rings is 1. The van der Waals surface area contributed by atoms with Crippen molar-refractivity contribution in [1.29, 1.82) is 0 Å². The minimum Gasteiger partial charge on any atom is -0.406 e. The summed E-state index contributed by atoms with van der Waals surface area (Å²) in [6, 6.07) is 1.79. The smallest absolute Gasteiger partial charge is 0.406 e. The molecule has 0 saturated carbocycles. The summed E-state index contributed by atoms with van der Waals surface area (Å²) in [6.07, 6.45) is 0. The number of likely N-dealkylation sites (N-methyl/N-ethyl adjacent to an activating group) is 1. The summed E-state index contributed by atoms with van der Waals surface area (Å²) >= 11 is 0. The normalized spacial score (nSPS) is 18.6. The van der Waals surface area contributed by atoms with Crippen molar-refractivity contribution in [2.75, 3.05) is 33.4 Å². The van der Waals surface area contributed by atoms with Gasteiger partial charge in [0.1, 0.15) is 0 Å². The molecule has 0 spiro atoms. The quantitative estimate of drug-likeness (QED) is 0.549. The molecule has 0 unspecified atom stereocenters. The first-order valence-electron chi connectivity index (χ1n) is 5.64. The van der Waals surface area contributed by atoms with Crippen LogP contribution in [0.3, 0.4) is 0 Å². The van der Waals surface area contributed by atoms with Crippen molar-refractivity contribution in [3.8, 4) is 0 Å². The van der Waals surface area contributed by atoms with Gasteiger partial charge in [-0.25, -0.2) is 13.2 Å². The van der Waals surface area contributed by atoms with Crippen LogP contribution in [-0.4, -0.2) is 45.4 Å². The van der Waals surface area contributed by atoms with E-state index in [0.29, 0.717) is 26.3 Å². The largest absolute Gasteiger partial charge is 0.494 e. The Bertz CT molecular complexity index is 400. The van der Waals surface area contributed by atoms with Gasteiger partial charge in [0.2, 0.25) is 0 Å². The molecule has 0 atom stereocenters. The monoisotopic (exact) mass is 259 g/mol. The van der Waals surface area contributed by atoms with Crippen molar-refractivity contribution in [2.24, 2.45) is 0 Å². The molecular formula is C11H13BF3NO2. The summed E-state index contributed by atoms with van der Waals surface area (Å²) in [5, 5.41) is 0. The van der Waals surface area contributed by atoms with Gasteiger partial charge < -0.3 is 14.2 Å². The van der Waals surface area contributed by atoms with E-state index < -0.39 is 24.6 Å². The molecule has 1 aromatic rings. The van der Waals surface area contributed by atoms with Gasteiger partial charge in [-0.1, -0.05) is 0 Å². The van der Waals surface area contributed by atoms with Crippen molar-refractivity contribution in [2.45, 2.75) is 0 Å². The van der Waals surface area contributed by atoms with Gasteiger partial charge >= 0.3 is 7.12 Å². The second-order valence-corrected chi connectivity index (χ2v) is 4.18. The molecule has 0 aliphatic carbocycles. The lowest BCUT2D eigenvalue weighted by molar-refractivity contribution is 0.132. The summed E-state index contributed by atoms with van der Waals surface area (Å²) in [7, 11) is 1.06. The standard InChI is InChI=1S/C11H13BF3NO2/c1-16-2-4-17-12(18-5-3-16)8-6-9(13)11(15)10(14)7-8/h6-7H,2-5H2,1H3. The van der Waals surface area contributed by atoms with E-state index in [4.69, 9.17) is 9.31 Å². The molecule has 1 aliphatic heterocycles. The zero-order valence-corrected chi connectivity index (χ0v) is 9.96. The van der Waals surface area contributed by atoms with Crippen molar-refractivity contribution >= 4 is 12.6 Å². The SMILES string of the molecule is CN1CCOB(c2cc(F)c(F)c(F)c2)OCC1. The van der Waals surface area contributed by atoms with Gasteiger partial charge in [0.05, 0.1) is 0 Å². The Labute approximate surface area is 104 Å². The van der Waals surface area contributed by atoms with Gasteiger partial charge in [0, 0.05) is 26.3 Å². The van der Waals surface area contributed by atoms with Crippen LogP contribution in [0.5, 0.6) is 0 Å². The summed E-state index contributed by atoms with van der Waals surface area (Å²) in [4.78, 5) is 2.02. The zero-order valence-electron chi connectivity index (χ0n) is 9.96. The van der Waals surface area contributed by atoms with Gasteiger partial charge in [0.15, 0.2) is 17.5 Å². The van der Waals surface area contributed by atoms with E-state index in [2.05, 4.69) is 0 Å². The Hall–Kier alpha value is -1.05. The van der Waals surface area contributed by atoms with Crippen molar-refractivity contribution < 1.29 is 22.5 Å². The molecule has 0 radical (unpaired) electrons. The molecule has 7 heteroatoms. The summed E-state index contributed by atoms with van der Waals surface area (Å²) in [5.74, 6) is -3.96. The number of hydrogen-bond acceptors (Lipinski definition) is 3. The van der Waals surface area contributed by atoms with Crippen LogP contribution in [0.2, 0.25) is 0 Å². The molecule has 0 aromatic heterocycles. The van der Waals surface area contributed by atoms with Gasteiger partial charge in [-0.3, -0.25) is 0 Å². The van der Waals surface area contributed by atoms with Crippen LogP contribution in [0.15, 0.2) is 12.1 Å². The summed E-state index contributed by atoms with van der Waals surface area (Å²) in [6.45, 7) is 2.15. The second-order valence-electron chi connectivity index (χ2n) is 4.18. The molecule has 2 rings (SSSR count). The predicted molar refractivity (Wildman–Crippen MR) is 61.1 cm³/mol. The van der Waals surface area contributed by atoms with Crippen LogP contribution in [0.4, 0.5) is 13.2 Å².